The molecule has 0 fully saturated rings. The van der Waals surface area contributed by atoms with Gasteiger partial charge in [0.05, 0.1) is 19.8 Å². The third-order valence-electron chi connectivity index (χ3n) is 2.65. The smallest absolute Gasteiger partial charge is 0.287 e. The van der Waals surface area contributed by atoms with Gasteiger partial charge in [-0.3, -0.25) is 13.6 Å². The molecule has 0 aliphatic heterocycles. The highest BCUT2D eigenvalue weighted by Crippen LogP contribution is 2.49. The molecular formula is C17H23O4P. The van der Waals surface area contributed by atoms with Crippen LogP contribution in [0, 0.1) is 11.8 Å². The normalized spacial score (nSPS) is 11.9. The Bertz CT molecular complexity index is 559. The molecule has 0 aromatic heterocycles. The number of phosphoric acid groups is 1. The number of hydrogen-bond acceptors (Lipinski definition) is 4. The summed E-state index contributed by atoms with van der Waals surface area (Å²) in [6, 6.07) is 9.86. The second kappa shape index (κ2) is 10.4. The number of benzene rings is 1. The van der Waals surface area contributed by atoms with E-state index in [1.165, 1.54) is 0 Å². The highest BCUT2D eigenvalue weighted by atomic mass is 31.2. The van der Waals surface area contributed by atoms with Crippen LogP contribution in [-0.4, -0.2) is 19.8 Å². The van der Waals surface area contributed by atoms with Gasteiger partial charge in [0.2, 0.25) is 0 Å². The van der Waals surface area contributed by atoms with Gasteiger partial charge in [0.15, 0.2) is 0 Å². The van der Waals surface area contributed by atoms with E-state index in [4.69, 9.17) is 13.6 Å². The Morgan fingerprint density at radius 1 is 1.14 bits per heavy atom. The van der Waals surface area contributed by atoms with Crippen molar-refractivity contribution in [2.75, 3.05) is 19.8 Å². The molecule has 0 aliphatic rings. The second-order valence-electron chi connectivity index (χ2n) is 4.37. The van der Waals surface area contributed by atoms with Crippen LogP contribution in [0.5, 0.6) is 0 Å². The summed E-state index contributed by atoms with van der Waals surface area (Å²) in [5.41, 5.74) is 1.96. The van der Waals surface area contributed by atoms with E-state index in [-0.39, 0.29) is 19.8 Å². The maximum Gasteiger partial charge on any atom is 0.475 e. The molecule has 0 heterocycles. The van der Waals surface area contributed by atoms with E-state index < -0.39 is 7.82 Å². The van der Waals surface area contributed by atoms with Crippen LogP contribution in [-0.2, 0) is 18.1 Å². The molecule has 0 aliphatic carbocycles. The average molecular weight is 322 g/mol. The van der Waals surface area contributed by atoms with Gasteiger partial charge >= 0.3 is 7.82 Å². The lowest BCUT2D eigenvalue weighted by atomic mass is 10.1. The van der Waals surface area contributed by atoms with Crippen molar-refractivity contribution in [2.45, 2.75) is 27.2 Å². The van der Waals surface area contributed by atoms with Gasteiger partial charge in [-0.05, 0) is 31.9 Å². The molecule has 0 N–H and O–H groups in total. The monoisotopic (exact) mass is 322 g/mol. The summed E-state index contributed by atoms with van der Waals surface area (Å²) in [6.45, 7) is 5.97. The lowest BCUT2D eigenvalue weighted by Gasteiger charge is -2.17. The van der Waals surface area contributed by atoms with Crippen molar-refractivity contribution in [3.8, 4) is 11.8 Å². The van der Waals surface area contributed by atoms with Gasteiger partial charge in [-0.15, -0.1) is 5.92 Å². The fourth-order valence-electron chi connectivity index (χ4n) is 1.72. The van der Waals surface area contributed by atoms with Gasteiger partial charge < -0.3 is 0 Å². The van der Waals surface area contributed by atoms with Crippen LogP contribution in [0.15, 0.2) is 35.9 Å². The van der Waals surface area contributed by atoms with Gasteiger partial charge in [0.25, 0.3) is 0 Å². The Labute approximate surface area is 133 Å². The predicted molar refractivity (Wildman–Crippen MR) is 89.3 cm³/mol. The molecule has 1 aromatic carbocycles. The first kappa shape index (κ1) is 18.7. The van der Waals surface area contributed by atoms with E-state index in [1.807, 2.05) is 36.4 Å². The molecule has 1 aromatic rings. The maximum absolute atomic E-state index is 12.3. The van der Waals surface area contributed by atoms with Crippen LogP contribution in [0.2, 0.25) is 0 Å². The predicted octanol–water partition coefficient (Wildman–Crippen LogP) is 4.68. The molecule has 22 heavy (non-hydrogen) atoms. The average Bonchev–Trinajstić information content (AvgIpc) is 2.51. The van der Waals surface area contributed by atoms with E-state index in [9.17, 15) is 4.57 Å². The van der Waals surface area contributed by atoms with Crippen molar-refractivity contribution in [3.63, 3.8) is 0 Å². The van der Waals surface area contributed by atoms with E-state index in [0.717, 1.165) is 11.1 Å². The summed E-state index contributed by atoms with van der Waals surface area (Å²) in [4.78, 5) is 0. The molecule has 0 radical (unpaired) electrons. The molecule has 0 bridgehead atoms. The second-order valence-corrected chi connectivity index (χ2v) is 6.04. The Morgan fingerprint density at radius 3 is 2.32 bits per heavy atom. The molecule has 0 saturated heterocycles. The van der Waals surface area contributed by atoms with Crippen LogP contribution in [0.4, 0.5) is 0 Å². The van der Waals surface area contributed by atoms with E-state index in [1.54, 1.807) is 20.8 Å². The fraction of sp³-hybridized carbons (Fsp3) is 0.412. The molecule has 5 heteroatoms. The van der Waals surface area contributed by atoms with E-state index in [2.05, 4.69) is 11.8 Å². The topological polar surface area (TPSA) is 44.8 Å². The van der Waals surface area contributed by atoms with Gasteiger partial charge in [-0.2, -0.15) is 0 Å². The molecule has 4 nitrogen and oxygen atoms in total. The molecular weight excluding hydrogens is 299 g/mol. The van der Waals surface area contributed by atoms with Crippen LogP contribution in [0.1, 0.15) is 32.8 Å². The van der Waals surface area contributed by atoms with E-state index in [0.29, 0.717) is 6.42 Å². The number of rotatable bonds is 9. The SMILES string of the molecule is CC#CC/C(=C\c1ccccc1)COP(=O)(OCC)OCC. The summed E-state index contributed by atoms with van der Waals surface area (Å²) in [7, 11) is -3.50. The summed E-state index contributed by atoms with van der Waals surface area (Å²) >= 11 is 0. The van der Waals surface area contributed by atoms with Crippen molar-refractivity contribution in [1.29, 1.82) is 0 Å². The Hall–Kier alpha value is -1.37. The third-order valence-corrected chi connectivity index (χ3v) is 4.24. The van der Waals surface area contributed by atoms with Crippen molar-refractivity contribution in [2.24, 2.45) is 0 Å². The molecule has 0 atom stereocenters. The van der Waals surface area contributed by atoms with Crippen molar-refractivity contribution >= 4 is 13.9 Å². The minimum atomic E-state index is -3.50. The molecule has 0 saturated carbocycles. The fourth-order valence-corrected chi connectivity index (χ4v) is 2.90. The molecule has 0 spiro atoms. The molecule has 120 valence electrons. The van der Waals surface area contributed by atoms with Gasteiger partial charge in [-0.1, -0.05) is 42.3 Å². The zero-order chi connectivity index (χ0) is 16.3. The summed E-state index contributed by atoms with van der Waals surface area (Å²) in [6.07, 6.45) is 2.52. The first-order valence-corrected chi connectivity index (χ1v) is 8.77. The Morgan fingerprint density at radius 2 is 1.77 bits per heavy atom. The minimum absolute atomic E-state index is 0.154. The summed E-state index contributed by atoms with van der Waals surface area (Å²) in [5, 5.41) is 0. The van der Waals surface area contributed by atoms with Gasteiger partial charge in [0, 0.05) is 6.42 Å². The molecule has 0 unspecified atom stereocenters. The Kier molecular flexibility index (Phi) is 8.81. The largest absolute Gasteiger partial charge is 0.475 e. The molecule has 1 rings (SSSR count). The van der Waals surface area contributed by atoms with Crippen molar-refractivity contribution in [3.05, 3.63) is 41.5 Å². The lowest BCUT2D eigenvalue weighted by molar-refractivity contribution is 0.129. The minimum Gasteiger partial charge on any atom is -0.287 e. The first-order valence-electron chi connectivity index (χ1n) is 7.31. The van der Waals surface area contributed by atoms with E-state index >= 15 is 0 Å². The quantitative estimate of drug-likeness (QED) is 0.489. The highest BCUT2D eigenvalue weighted by molar-refractivity contribution is 7.48. The van der Waals surface area contributed by atoms with Gasteiger partial charge in [-0.25, -0.2) is 4.57 Å². The Balaban J connectivity index is 2.82. The number of phosphoric ester groups is 1. The van der Waals surface area contributed by atoms with Crippen LogP contribution >= 0.6 is 7.82 Å². The van der Waals surface area contributed by atoms with Crippen molar-refractivity contribution in [1.82, 2.24) is 0 Å². The maximum atomic E-state index is 12.3. The first-order chi connectivity index (χ1) is 10.6. The van der Waals surface area contributed by atoms with Gasteiger partial charge in [0.1, 0.15) is 0 Å². The van der Waals surface area contributed by atoms with Crippen LogP contribution in [0.25, 0.3) is 6.08 Å². The summed E-state index contributed by atoms with van der Waals surface area (Å²) < 4.78 is 28.0. The zero-order valence-electron chi connectivity index (χ0n) is 13.4. The molecule has 0 amide bonds. The van der Waals surface area contributed by atoms with Crippen LogP contribution in [0.3, 0.4) is 0 Å². The third kappa shape index (κ3) is 7.06. The summed E-state index contributed by atoms with van der Waals surface area (Å²) in [5.74, 6) is 5.85. The zero-order valence-corrected chi connectivity index (χ0v) is 14.3. The lowest BCUT2D eigenvalue weighted by Crippen LogP contribution is -2.03. The van der Waals surface area contributed by atoms with Crippen molar-refractivity contribution < 1.29 is 18.1 Å². The highest BCUT2D eigenvalue weighted by Gasteiger charge is 2.25. The standard InChI is InChI=1S/C17H23O4P/c1-4-7-11-17(14-16-12-9-8-10-13-16)15-21-22(18,19-5-2)20-6-3/h8-10,12-14H,5-6,11,15H2,1-3H3/b17-14+. The number of hydrogen-bond donors (Lipinski definition) is 0. The van der Waals surface area contributed by atoms with Crippen LogP contribution < -0.4 is 0 Å².